The van der Waals surface area contributed by atoms with Gasteiger partial charge in [0.25, 0.3) is 11.5 Å². The number of carbonyl (C=O) groups is 1. The van der Waals surface area contributed by atoms with Crippen LogP contribution in [0.2, 0.25) is 0 Å². The van der Waals surface area contributed by atoms with Crippen LogP contribution in [0.1, 0.15) is 34.8 Å². The molecule has 0 aliphatic rings. The van der Waals surface area contributed by atoms with Gasteiger partial charge in [-0.25, -0.2) is 4.98 Å². The van der Waals surface area contributed by atoms with Crippen LogP contribution < -0.4 is 10.9 Å². The van der Waals surface area contributed by atoms with Crippen molar-refractivity contribution in [3.63, 3.8) is 0 Å². The smallest absolute Gasteiger partial charge is 0.276 e. The summed E-state index contributed by atoms with van der Waals surface area (Å²) in [6.45, 7) is 2.35. The Bertz CT molecular complexity index is 1520. The highest BCUT2D eigenvalue weighted by Crippen LogP contribution is 2.15. The van der Waals surface area contributed by atoms with E-state index in [0.717, 1.165) is 23.9 Å². The molecule has 1 amide bonds. The van der Waals surface area contributed by atoms with E-state index < -0.39 is 0 Å². The Morgan fingerprint density at radius 1 is 0.941 bits per heavy atom. The van der Waals surface area contributed by atoms with E-state index in [4.69, 9.17) is 0 Å². The third-order valence-electron chi connectivity index (χ3n) is 6.11. The fourth-order valence-electron chi connectivity index (χ4n) is 4.33. The average Bonchev–Trinajstić information content (AvgIpc) is 3.37. The molecule has 0 fully saturated rings. The third-order valence-corrected chi connectivity index (χ3v) is 6.11. The minimum atomic E-state index is -0.111. The monoisotopic (exact) mass is 450 g/mol. The Kier molecular flexibility index (Phi) is 5.95. The van der Waals surface area contributed by atoms with Gasteiger partial charge in [-0.1, -0.05) is 42.5 Å². The molecule has 3 aromatic heterocycles. The Morgan fingerprint density at radius 2 is 1.74 bits per heavy atom. The topological polar surface area (TPSA) is 68.4 Å². The first kappa shape index (κ1) is 21.6. The second kappa shape index (κ2) is 9.35. The maximum atomic E-state index is 13.2. The maximum Gasteiger partial charge on any atom is 0.276 e. The van der Waals surface area contributed by atoms with Crippen LogP contribution in [0.4, 0.5) is 0 Å². The van der Waals surface area contributed by atoms with E-state index in [9.17, 15) is 9.59 Å². The van der Waals surface area contributed by atoms with Crippen molar-refractivity contribution in [1.29, 1.82) is 0 Å². The molecule has 3 heterocycles. The fourth-order valence-corrected chi connectivity index (χ4v) is 4.33. The lowest BCUT2D eigenvalue weighted by Crippen LogP contribution is -2.33. The summed E-state index contributed by atoms with van der Waals surface area (Å²) < 4.78 is 3.53. The molecular formula is C28H26N4O2. The highest BCUT2D eigenvalue weighted by molar-refractivity contribution is 5.94. The molecule has 1 N–H and O–H groups in total. The van der Waals surface area contributed by atoms with Crippen molar-refractivity contribution in [3.05, 3.63) is 118 Å². The van der Waals surface area contributed by atoms with Gasteiger partial charge in [-0.15, -0.1) is 0 Å². The summed E-state index contributed by atoms with van der Waals surface area (Å²) in [4.78, 5) is 30.6. The molecule has 0 unspecified atom stereocenters. The van der Waals surface area contributed by atoms with Crippen molar-refractivity contribution in [2.24, 2.45) is 0 Å². The largest absolute Gasteiger partial charge is 0.350 e. The maximum absolute atomic E-state index is 13.2. The van der Waals surface area contributed by atoms with Crippen molar-refractivity contribution in [3.8, 4) is 0 Å². The second-order valence-corrected chi connectivity index (χ2v) is 8.60. The van der Waals surface area contributed by atoms with Gasteiger partial charge in [0.2, 0.25) is 0 Å². The van der Waals surface area contributed by atoms with Crippen molar-refractivity contribution in [1.82, 2.24) is 19.3 Å². The number of fused-ring (bicyclic) bond motifs is 3. The van der Waals surface area contributed by atoms with Crippen LogP contribution in [0.25, 0.3) is 16.7 Å². The standard InChI is InChI=1S/C28H26N4O2/c1-20(14-15-21-8-3-2-4-9-21)30-27(33)23-11-5-10-22(18-23)19-32-26-24(12-6-16-29-26)31-17-7-13-25(31)28(32)34/h2-13,16-18,20H,14-15,19H2,1H3,(H,30,33)/t20-/m1/s1. The molecule has 0 aliphatic carbocycles. The number of amides is 1. The number of pyridine rings is 1. The molecule has 0 spiro atoms. The molecule has 170 valence electrons. The summed E-state index contributed by atoms with van der Waals surface area (Å²) in [5.74, 6) is -0.111. The highest BCUT2D eigenvalue weighted by atomic mass is 16.1. The summed E-state index contributed by atoms with van der Waals surface area (Å²) in [6, 6.07) is 25.2. The van der Waals surface area contributed by atoms with E-state index >= 15 is 0 Å². The van der Waals surface area contributed by atoms with E-state index in [1.165, 1.54) is 5.56 Å². The summed E-state index contributed by atoms with van der Waals surface area (Å²) in [7, 11) is 0. The molecule has 5 aromatic rings. The van der Waals surface area contributed by atoms with Gasteiger partial charge in [-0.05, 0) is 67.3 Å². The van der Waals surface area contributed by atoms with Gasteiger partial charge < -0.3 is 9.72 Å². The first-order valence-electron chi connectivity index (χ1n) is 11.5. The third kappa shape index (κ3) is 4.35. The van der Waals surface area contributed by atoms with Gasteiger partial charge in [-0.3, -0.25) is 14.2 Å². The zero-order chi connectivity index (χ0) is 23.5. The molecule has 34 heavy (non-hydrogen) atoms. The predicted octanol–water partition coefficient (Wildman–Crippen LogP) is 4.45. The Hall–Kier alpha value is -4.19. The molecule has 0 radical (unpaired) electrons. The first-order valence-corrected chi connectivity index (χ1v) is 11.5. The molecule has 1 atom stereocenters. The van der Waals surface area contributed by atoms with Gasteiger partial charge in [0.15, 0.2) is 5.65 Å². The molecule has 6 nitrogen and oxygen atoms in total. The van der Waals surface area contributed by atoms with Crippen molar-refractivity contribution >= 4 is 22.6 Å². The molecule has 6 heteroatoms. The molecule has 5 rings (SSSR count). The SMILES string of the molecule is C[C@H](CCc1ccccc1)NC(=O)c1cccc(Cn2c(=O)c3cccn3c3cccnc32)c1. The zero-order valence-electron chi connectivity index (χ0n) is 19.0. The van der Waals surface area contributed by atoms with Crippen LogP contribution in [-0.4, -0.2) is 25.9 Å². The number of nitrogens with one attached hydrogen (secondary N) is 1. The van der Waals surface area contributed by atoms with Crippen LogP contribution in [0, 0.1) is 0 Å². The van der Waals surface area contributed by atoms with E-state index in [0.29, 0.717) is 23.3 Å². The number of hydrogen-bond donors (Lipinski definition) is 1. The Balaban J connectivity index is 1.35. The Labute approximate surface area is 197 Å². The number of benzene rings is 2. The summed E-state index contributed by atoms with van der Waals surface area (Å²) in [6.07, 6.45) is 5.33. The normalized spacial score (nSPS) is 12.1. The molecule has 0 aliphatic heterocycles. The molecule has 0 bridgehead atoms. The summed E-state index contributed by atoms with van der Waals surface area (Å²) >= 11 is 0. The number of carbonyl (C=O) groups excluding carboxylic acids is 1. The van der Waals surface area contributed by atoms with Crippen LogP contribution >= 0.6 is 0 Å². The number of hydrogen-bond acceptors (Lipinski definition) is 3. The lowest BCUT2D eigenvalue weighted by atomic mass is 10.1. The van der Waals surface area contributed by atoms with E-state index in [1.54, 1.807) is 16.8 Å². The molecule has 0 saturated heterocycles. The van der Waals surface area contributed by atoms with Gasteiger partial charge in [-0.2, -0.15) is 0 Å². The van der Waals surface area contributed by atoms with E-state index in [1.807, 2.05) is 78.2 Å². The van der Waals surface area contributed by atoms with E-state index in [-0.39, 0.29) is 17.5 Å². The highest BCUT2D eigenvalue weighted by Gasteiger charge is 2.14. The van der Waals surface area contributed by atoms with Crippen LogP contribution in [-0.2, 0) is 13.0 Å². The van der Waals surface area contributed by atoms with Gasteiger partial charge in [0.05, 0.1) is 12.1 Å². The molecule has 2 aromatic carbocycles. The summed E-state index contributed by atoms with van der Waals surface area (Å²) in [5.41, 5.74) is 4.68. The predicted molar refractivity (Wildman–Crippen MR) is 134 cm³/mol. The number of aryl methyl sites for hydroxylation is 1. The van der Waals surface area contributed by atoms with Crippen LogP contribution in [0.15, 0.2) is 96.1 Å². The van der Waals surface area contributed by atoms with Crippen LogP contribution in [0.3, 0.4) is 0 Å². The second-order valence-electron chi connectivity index (χ2n) is 8.60. The summed E-state index contributed by atoms with van der Waals surface area (Å²) in [5, 5.41) is 3.10. The number of nitrogens with zero attached hydrogens (tertiary/aromatic N) is 3. The van der Waals surface area contributed by atoms with Crippen molar-refractivity contribution in [2.45, 2.75) is 32.4 Å². The average molecular weight is 451 g/mol. The molecule has 0 saturated carbocycles. The van der Waals surface area contributed by atoms with Crippen molar-refractivity contribution < 1.29 is 4.79 Å². The minimum absolute atomic E-state index is 0.0453. The number of rotatable bonds is 7. The fraction of sp³-hybridized carbons (Fsp3) is 0.179. The van der Waals surface area contributed by atoms with Gasteiger partial charge >= 0.3 is 0 Å². The zero-order valence-corrected chi connectivity index (χ0v) is 19.0. The van der Waals surface area contributed by atoms with Crippen LogP contribution in [0.5, 0.6) is 0 Å². The van der Waals surface area contributed by atoms with E-state index in [2.05, 4.69) is 22.4 Å². The van der Waals surface area contributed by atoms with Crippen molar-refractivity contribution in [2.75, 3.05) is 0 Å². The Morgan fingerprint density at radius 3 is 2.59 bits per heavy atom. The van der Waals surface area contributed by atoms with Gasteiger partial charge in [0, 0.05) is 24.0 Å². The lowest BCUT2D eigenvalue weighted by Gasteiger charge is -2.15. The first-order chi connectivity index (χ1) is 16.6. The lowest BCUT2D eigenvalue weighted by molar-refractivity contribution is 0.0938. The minimum Gasteiger partial charge on any atom is -0.350 e. The van der Waals surface area contributed by atoms with Gasteiger partial charge in [0.1, 0.15) is 5.52 Å². The number of aromatic nitrogens is 3. The quantitative estimate of drug-likeness (QED) is 0.398. The molecular weight excluding hydrogens is 424 g/mol.